The smallest absolute Gasteiger partial charge is 0.308 e. The van der Waals surface area contributed by atoms with E-state index >= 15 is 0 Å². The number of hydrogen-bond acceptors (Lipinski definition) is 3. The van der Waals surface area contributed by atoms with Crippen molar-refractivity contribution in [1.82, 2.24) is 0 Å². The lowest BCUT2D eigenvalue weighted by atomic mass is 10.0. The summed E-state index contributed by atoms with van der Waals surface area (Å²) in [5, 5.41) is 8.70. The molecular weight excluding hydrogens is 170 g/mol. The zero-order valence-corrected chi connectivity index (χ0v) is 7.65. The highest BCUT2D eigenvalue weighted by Crippen LogP contribution is 2.21. The van der Waals surface area contributed by atoms with Gasteiger partial charge < -0.3 is 15.3 Å². The molecule has 4 heteroatoms. The van der Waals surface area contributed by atoms with Gasteiger partial charge in [-0.25, -0.2) is 0 Å². The first-order valence-electron chi connectivity index (χ1n) is 4.07. The summed E-state index contributed by atoms with van der Waals surface area (Å²) < 4.78 is 5.23. The molecule has 1 aromatic rings. The molecule has 4 nitrogen and oxygen atoms in total. The van der Waals surface area contributed by atoms with Crippen LogP contribution in [0.25, 0.3) is 0 Å². The van der Waals surface area contributed by atoms with Crippen molar-refractivity contribution >= 4 is 5.97 Å². The average Bonchev–Trinajstić information content (AvgIpc) is 2.49. The molecule has 0 saturated heterocycles. The molecule has 0 fully saturated rings. The summed E-state index contributed by atoms with van der Waals surface area (Å²) in [5.74, 6) is -0.289. The molecule has 72 valence electrons. The van der Waals surface area contributed by atoms with Gasteiger partial charge in [-0.3, -0.25) is 4.79 Å². The molecule has 3 N–H and O–H groups in total. The Hall–Kier alpha value is -1.29. The third-order valence-corrected chi connectivity index (χ3v) is 2.02. The van der Waals surface area contributed by atoms with E-state index in [-0.39, 0.29) is 0 Å². The minimum Gasteiger partial charge on any atom is -0.481 e. The fourth-order valence-electron chi connectivity index (χ4n) is 1.03. The summed E-state index contributed by atoms with van der Waals surface area (Å²) in [6, 6.07) is 2.90. The predicted molar refractivity (Wildman–Crippen MR) is 47.2 cm³/mol. The Bertz CT molecular complexity index is 306. The molecule has 2 atom stereocenters. The molecule has 1 rings (SSSR count). The molecule has 1 aromatic heterocycles. The van der Waals surface area contributed by atoms with Gasteiger partial charge in [0, 0.05) is 0 Å². The molecule has 0 aliphatic heterocycles. The topological polar surface area (TPSA) is 76.5 Å². The summed E-state index contributed by atoms with van der Waals surface area (Å²) in [5.41, 5.74) is 5.68. The summed E-state index contributed by atoms with van der Waals surface area (Å²) >= 11 is 0. The van der Waals surface area contributed by atoms with Crippen LogP contribution in [-0.4, -0.2) is 11.1 Å². The number of hydrogen-bond donors (Lipinski definition) is 2. The quantitative estimate of drug-likeness (QED) is 0.740. The van der Waals surface area contributed by atoms with Crippen molar-refractivity contribution in [3.8, 4) is 0 Å². The van der Waals surface area contributed by atoms with Crippen LogP contribution in [0.4, 0.5) is 0 Å². The van der Waals surface area contributed by atoms with Crippen LogP contribution >= 0.6 is 0 Å². The van der Waals surface area contributed by atoms with Gasteiger partial charge >= 0.3 is 5.97 Å². The number of furan rings is 1. The highest BCUT2D eigenvalue weighted by molar-refractivity contribution is 5.70. The Morgan fingerprint density at radius 2 is 2.23 bits per heavy atom. The van der Waals surface area contributed by atoms with Crippen LogP contribution in [0.15, 0.2) is 16.5 Å². The third kappa shape index (κ3) is 2.09. The second-order valence-electron chi connectivity index (χ2n) is 3.10. The van der Waals surface area contributed by atoms with E-state index in [1.54, 1.807) is 26.0 Å². The number of nitrogens with two attached hydrogens (primary N) is 1. The van der Waals surface area contributed by atoms with Gasteiger partial charge in [0.15, 0.2) is 0 Å². The van der Waals surface area contributed by atoms with E-state index in [1.807, 2.05) is 0 Å². The van der Waals surface area contributed by atoms with E-state index in [9.17, 15) is 4.79 Å². The van der Waals surface area contributed by atoms with E-state index in [4.69, 9.17) is 15.3 Å². The van der Waals surface area contributed by atoms with Gasteiger partial charge in [-0.2, -0.15) is 0 Å². The zero-order valence-electron chi connectivity index (χ0n) is 7.65. The van der Waals surface area contributed by atoms with Crippen molar-refractivity contribution in [3.05, 3.63) is 23.7 Å². The fraction of sp³-hybridized carbons (Fsp3) is 0.444. The molecule has 0 amide bonds. The third-order valence-electron chi connectivity index (χ3n) is 2.02. The number of carboxylic acids is 1. The van der Waals surface area contributed by atoms with E-state index in [1.165, 1.54) is 0 Å². The average molecular weight is 183 g/mol. The van der Waals surface area contributed by atoms with E-state index in [2.05, 4.69) is 0 Å². The molecule has 0 aliphatic carbocycles. The van der Waals surface area contributed by atoms with Gasteiger partial charge in [0.1, 0.15) is 11.5 Å². The maximum Gasteiger partial charge on any atom is 0.308 e. The Labute approximate surface area is 76.3 Å². The standard InChI is InChI=1S/C9H13NO3/c1-5-3-4-7(13-5)8(10)6(2)9(11)12/h3-4,6,8H,10H2,1-2H3,(H,11,12). The summed E-state index contributed by atoms with van der Waals surface area (Å²) in [6.45, 7) is 3.35. The fourth-order valence-corrected chi connectivity index (χ4v) is 1.03. The van der Waals surface area contributed by atoms with Crippen LogP contribution in [0.3, 0.4) is 0 Å². The summed E-state index contributed by atoms with van der Waals surface area (Å²) in [6.07, 6.45) is 0. The molecule has 0 bridgehead atoms. The van der Waals surface area contributed by atoms with Crippen molar-refractivity contribution in [2.24, 2.45) is 11.7 Å². The molecule has 0 spiro atoms. The highest BCUT2D eigenvalue weighted by atomic mass is 16.4. The molecule has 0 saturated carbocycles. The SMILES string of the molecule is Cc1ccc(C(N)C(C)C(=O)O)o1. The van der Waals surface area contributed by atoms with Crippen LogP contribution < -0.4 is 5.73 Å². The van der Waals surface area contributed by atoms with Crippen molar-refractivity contribution in [2.75, 3.05) is 0 Å². The number of rotatable bonds is 3. The molecule has 1 heterocycles. The Morgan fingerprint density at radius 3 is 2.62 bits per heavy atom. The van der Waals surface area contributed by atoms with E-state index < -0.39 is 17.9 Å². The number of aryl methyl sites for hydroxylation is 1. The van der Waals surface area contributed by atoms with Gasteiger partial charge in [0.2, 0.25) is 0 Å². The summed E-state index contributed by atoms with van der Waals surface area (Å²) in [4.78, 5) is 10.6. The zero-order chi connectivity index (χ0) is 10.0. The van der Waals surface area contributed by atoms with Gasteiger partial charge in [0.25, 0.3) is 0 Å². The largest absolute Gasteiger partial charge is 0.481 e. The lowest BCUT2D eigenvalue weighted by Crippen LogP contribution is -2.25. The normalized spacial score (nSPS) is 15.3. The van der Waals surface area contributed by atoms with Gasteiger partial charge in [0.05, 0.1) is 12.0 Å². The minimum absolute atomic E-state index is 0.521. The molecule has 0 radical (unpaired) electrons. The second kappa shape index (κ2) is 3.62. The van der Waals surface area contributed by atoms with Crippen molar-refractivity contribution in [1.29, 1.82) is 0 Å². The van der Waals surface area contributed by atoms with Gasteiger partial charge in [-0.15, -0.1) is 0 Å². The first kappa shape index (κ1) is 9.80. The summed E-state index contributed by atoms with van der Waals surface area (Å²) in [7, 11) is 0. The monoisotopic (exact) mass is 183 g/mol. The number of aliphatic carboxylic acids is 1. The number of carbonyl (C=O) groups is 1. The highest BCUT2D eigenvalue weighted by Gasteiger charge is 2.23. The maximum atomic E-state index is 10.6. The Balaban J connectivity index is 2.78. The van der Waals surface area contributed by atoms with Gasteiger partial charge in [-0.1, -0.05) is 0 Å². The molecule has 0 aliphatic rings. The first-order chi connectivity index (χ1) is 6.02. The van der Waals surface area contributed by atoms with Crippen LogP contribution in [-0.2, 0) is 4.79 Å². The molecular formula is C9H13NO3. The predicted octanol–water partition coefficient (Wildman–Crippen LogP) is 1.31. The van der Waals surface area contributed by atoms with Crippen molar-refractivity contribution < 1.29 is 14.3 Å². The van der Waals surface area contributed by atoms with Gasteiger partial charge in [-0.05, 0) is 26.0 Å². The van der Waals surface area contributed by atoms with E-state index in [0.717, 1.165) is 5.76 Å². The van der Waals surface area contributed by atoms with Crippen LogP contribution in [0.1, 0.15) is 24.5 Å². The van der Waals surface area contributed by atoms with Crippen molar-refractivity contribution in [2.45, 2.75) is 19.9 Å². The van der Waals surface area contributed by atoms with Crippen LogP contribution in [0.5, 0.6) is 0 Å². The minimum atomic E-state index is -0.915. The first-order valence-corrected chi connectivity index (χ1v) is 4.07. The van der Waals surface area contributed by atoms with Crippen molar-refractivity contribution in [3.63, 3.8) is 0 Å². The Morgan fingerprint density at radius 1 is 1.62 bits per heavy atom. The lowest BCUT2D eigenvalue weighted by molar-refractivity contribution is -0.142. The number of carboxylic acid groups (broad SMARTS) is 1. The molecule has 13 heavy (non-hydrogen) atoms. The van der Waals surface area contributed by atoms with E-state index in [0.29, 0.717) is 5.76 Å². The molecule has 0 aromatic carbocycles. The maximum absolute atomic E-state index is 10.6. The van der Waals surface area contributed by atoms with Crippen LogP contribution in [0, 0.1) is 12.8 Å². The lowest BCUT2D eigenvalue weighted by Gasteiger charge is -2.12. The molecule has 2 unspecified atom stereocenters. The second-order valence-corrected chi connectivity index (χ2v) is 3.10. The Kier molecular flexibility index (Phi) is 2.72. The van der Waals surface area contributed by atoms with Crippen LogP contribution in [0.2, 0.25) is 0 Å².